The fraction of sp³-hybridized carbons (Fsp3) is 0.450. The van der Waals surface area contributed by atoms with Crippen LogP contribution < -0.4 is 0 Å². The number of nitrogens with zero attached hydrogens (tertiary/aromatic N) is 2. The van der Waals surface area contributed by atoms with Gasteiger partial charge in [-0.3, -0.25) is 4.90 Å². The van der Waals surface area contributed by atoms with Gasteiger partial charge in [0.2, 0.25) is 0 Å². The van der Waals surface area contributed by atoms with Crippen LogP contribution >= 0.6 is 11.3 Å². The van der Waals surface area contributed by atoms with Crippen LogP contribution in [0.15, 0.2) is 35.9 Å². The molecule has 1 fully saturated rings. The van der Waals surface area contributed by atoms with Crippen molar-refractivity contribution in [1.82, 2.24) is 9.88 Å². The number of aromatic nitrogens is 1. The molecular formula is C20H22N2O3S2. The summed E-state index contributed by atoms with van der Waals surface area (Å²) in [7, 11) is -3.57. The van der Waals surface area contributed by atoms with Gasteiger partial charge in [-0.05, 0) is 44.3 Å². The second kappa shape index (κ2) is 6.72. The molecule has 3 aliphatic rings. The molecule has 2 aliphatic heterocycles. The molecule has 2 aromatic rings. The van der Waals surface area contributed by atoms with Crippen LogP contribution in [-0.4, -0.2) is 43.2 Å². The van der Waals surface area contributed by atoms with Gasteiger partial charge in [0.25, 0.3) is 0 Å². The highest BCUT2D eigenvalue weighted by Gasteiger charge is 2.41. The van der Waals surface area contributed by atoms with Crippen molar-refractivity contribution >= 4 is 27.2 Å². The number of rotatable bonds is 2. The number of benzene rings is 1. The summed E-state index contributed by atoms with van der Waals surface area (Å²) < 4.78 is 30.7. The van der Waals surface area contributed by atoms with Gasteiger partial charge in [-0.1, -0.05) is 36.8 Å². The molecule has 0 spiro atoms. The number of aryl methyl sites for hydroxylation is 1. The lowest BCUT2D eigenvalue weighted by Crippen LogP contribution is -2.47. The van der Waals surface area contributed by atoms with Crippen molar-refractivity contribution < 1.29 is 12.6 Å². The Kier molecular flexibility index (Phi) is 4.33. The van der Waals surface area contributed by atoms with E-state index in [1.807, 2.05) is 30.3 Å². The van der Waals surface area contributed by atoms with Gasteiger partial charge in [-0.15, -0.1) is 11.3 Å². The average Bonchev–Trinajstić information content (AvgIpc) is 3.13. The Bertz CT molecular complexity index is 989. The zero-order valence-corrected chi connectivity index (χ0v) is 16.7. The van der Waals surface area contributed by atoms with Gasteiger partial charge in [0.15, 0.2) is 5.76 Å². The highest BCUT2D eigenvalue weighted by atomic mass is 32.2. The van der Waals surface area contributed by atoms with E-state index in [1.54, 1.807) is 11.3 Å². The third-order valence-electron chi connectivity index (χ3n) is 5.65. The summed E-state index contributed by atoms with van der Waals surface area (Å²) in [6.45, 7) is 1.95. The van der Waals surface area contributed by atoms with Crippen LogP contribution in [0.3, 0.4) is 0 Å². The van der Waals surface area contributed by atoms with E-state index in [1.165, 1.54) is 6.42 Å². The normalized spacial score (nSPS) is 24.8. The predicted octanol–water partition coefficient (Wildman–Crippen LogP) is 3.68. The van der Waals surface area contributed by atoms with Crippen molar-refractivity contribution in [1.29, 1.82) is 0 Å². The van der Waals surface area contributed by atoms with Crippen LogP contribution in [0.4, 0.5) is 0 Å². The van der Waals surface area contributed by atoms with Crippen molar-refractivity contribution in [3.63, 3.8) is 0 Å². The average molecular weight is 403 g/mol. The molecular weight excluding hydrogens is 380 g/mol. The third-order valence-corrected chi connectivity index (χ3v) is 7.94. The van der Waals surface area contributed by atoms with Crippen LogP contribution in [0.5, 0.6) is 0 Å². The van der Waals surface area contributed by atoms with Crippen molar-refractivity contribution in [2.45, 2.75) is 38.1 Å². The summed E-state index contributed by atoms with van der Waals surface area (Å²) in [5.74, 6) is 0.642. The largest absolute Gasteiger partial charge is 0.381 e. The maximum atomic E-state index is 12.5. The van der Waals surface area contributed by atoms with Crippen LogP contribution in [0.1, 0.15) is 36.3 Å². The summed E-state index contributed by atoms with van der Waals surface area (Å²) in [5, 5.41) is 0.926. The Morgan fingerprint density at radius 1 is 1.07 bits per heavy atom. The standard InChI is InChI=1S/C20H22N2O3S2/c23-27(24)13-17(22-11-5-2-6-12-22)15-9-10-16-19(18(15)25-27)26-20(21-16)14-7-3-1-4-8-14/h1,3-4,7-8,17H,2,5-6,9-13H2. The number of hydrogen-bond donors (Lipinski definition) is 0. The van der Waals surface area contributed by atoms with Crippen molar-refractivity contribution in [3.8, 4) is 10.6 Å². The van der Waals surface area contributed by atoms with Gasteiger partial charge >= 0.3 is 10.1 Å². The highest BCUT2D eigenvalue weighted by Crippen LogP contribution is 2.44. The fourth-order valence-corrected chi connectivity index (χ4v) is 6.83. The molecule has 0 amide bonds. The van der Waals surface area contributed by atoms with Gasteiger partial charge in [0, 0.05) is 5.56 Å². The van der Waals surface area contributed by atoms with Crippen LogP contribution in [-0.2, 0) is 20.7 Å². The molecule has 1 aromatic carbocycles. The Labute approximate surface area is 163 Å². The third kappa shape index (κ3) is 3.22. The van der Waals surface area contributed by atoms with Gasteiger partial charge < -0.3 is 4.18 Å². The number of piperidine rings is 1. The Hall–Kier alpha value is -1.70. The van der Waals surface area contributed by atoms with Crippen LogP contribution in [0.2, 0.25) is 0 Å². The first-order valence-corrected chi connectivity index (χ1v) is 11.9. The van der Waals surface area contributed by atoms with Gasteiger partial charge in [0.05, 0.1) is 16.6 Å². The number of likely N-dealkylation sites (tertiary alicyclic amines) is 1. The van der Waals surface area contributed by atoms with E-state index >= 15 is 0 Å². The zero-order valence-electron chi connectivity index (χ0n) is 15.1. The fourth-order valence-electron chi connectivity index (χ4n) is 4.34. The summed E-state index contributed by atoms with van der Waals surface area (Å²) in [5.41, 5.74) is 3.18. The topological polar surface area (TPSA) is 59.5 Å². The highest BCUT2D eigenvalue weighted by molar-refractivity contribution is 7.87. The molecule has 142 valence electrons. The quantitative estimate of drug-likeness (QED) is 0.717. The first-order valence-electron chi connectivity index (χ1n) is 9.55. The van der Waals surface area contributed by atoms with E-state index in [0.29, 0.717) is 5.76 Å². The molecule has 5 nitrogen and oxygen atoms in total. The number of thiazole rings is 1. The van der Waals surface area contributed by atoms with E-state index in [2.05, 4.69) is 4.90 Å². The lowest BCUT2D eigenvalue weighted by Gasteiger charge is -2.39. The lowest BCUT2D eigenvalue weighted by atomic mass is 9.92. The summed E-state index contributed by atoms with van der Waals surface area (Å²) in [6.07, 6.45) is 5.20. The van der Waals surface area contributed by atoms with E-state index in [9.17, 15) is 8.42 Å². The molecule has 3 heterocycles. The molecule has 5 rings (SSSR count). The lowest BCUT2D eigenvalue weighted by molar-refractivity contribution is 0.186. The van der Waals surface area contributed by atoms with Crippen molar-refractivity contribution in [3.05, 3.63) is 46.5 Å². The minimum Gasteiger partial charge on any atom is -0.381 e. The SMILES string of the molecule is O=S1(=O)CC(N2CCCCC2)C2=C(O1)c1sc(-c3ccccc3)nc1CC2. The van der Waals surface area contributed by atoms with E-state index < -0.39 is 10.1 Å². The molecule has 0 saturated carbocycles. The summed E-state index contributed by atoms with van der Waals surface area (Å²) >= 11 is 1.55. The molecule has 1 aliphatic carbocycles. The maximum absolute atomic E-state index is 12.5. The minimum absolute atomic E-state index is 0.0468. The van der Waals surface area contributed by atoms with Crippen LogP contribution in [0, 0.1) is 0 Å². The first kappa shape index (κ1) is 17.4. The van der Waals surface area contributed by atoms with E-state index in [4.69, 9.17) is 9.17 Å². The smallest absolute Gasteiger partial charge is 0.311 e. The van der Waals surface area contributed by atoms with E-state index in [0.717, 1.165) is 65.5 Å². The molecule has 0 N–H and O–H groups in total. The number of fused-ring (bicyclic) bond motifs is 2. The summed E-state index contributed by atoms with van der Waals surface area (Å²) in [6, 6.07) is 10.00. The van der Waals surface area contributed by atoms with Gasteiger partial charge in [0.1, 0.15) is 10.8 Å². The molecule has 0 bridgehead atoms. The monoisotopic (exact) mass is 402 g/mol. The number of hydrogen-bond acceptors (Lipinski definition) is 6. The first-order chi connectivity index (χ1) is 13.1. The van der Waals surface area contributed by atoms with Crippen molar-refractivity contribution in [2.75, 3.05) is 18.8 Å². The zero-order chi connectivity index (χ0) is 18.4. The minimum atomic E-state index is -3.57. The maximum Gasteiger partial charge on any atom is 0.311 e. The Morgan fingerprint density at radius 3 is 2.63 bits per heavy atom. The second-order valence-corrected chi connectivity index (χ2v) is 10.0. The Morgan fingerprint density at radius 2 is 1.85 bits per heavy atom. The molecule has 1 unspecified atom stereocenters. The Balaban J connectivity index is 1.58. The molecule has 1 saturated heterocycles. The van der Waals surface area contributed by atoms with E-state index in [-0.39, 0.29) is 11.8 Å². The molecule has 1 atom stereocenters. The second-order valence-electron chi connectivity index (χ2n) is 7.44. The summed E-state index contributed by atoms with van der Waals surface area (Å²) in [4.78, 5) is 8.05. The molecule has 27 heavy (non-hydrogen) atoms. The van der Waals surface area contributed by atoms with Crippen molar-refractivity contribution in [2.24, 2.45) is 0 Å². The molecule has 1 aromatic heterocycles. The molecule has 7 heteroatoms. The van der Waals surface area contributed by atoms with Gasteiger partial charge in [-0.2, -0.15) is 8.42 Å². The molecule has 0 radical (unpaired) electrons. The van der Waals surface area contributed by atoms with Crippen LogP contribution in [0.25, 0.3) is 16.3 Å². The predicted molar refractivity (Wildman–Crippen MR) is 107 cm³/mol. The van der Waals surface area contributed by atoms with Gasteiger partial charge in [-0.25, -0.2) is 4.98 Å².